The van der Waals surface area contributed by atoms with Gasteiger partial charge in [0.1, 0.15) is 11.4 Å². The molecule has 2 rings (SSSR count). The van der Waals surface area contributed by atoms with Gasteiger partial charge in [-0.15, -0.1) is 0 Å². The Kier molecular flexibility index (Phi) is 10.3. The van der Waals surface area contributed by atoms with E-state index >= 15 is 0 Å². The molecule has 4 N–H and O–H groups in total. The molecule has 1 heterocycles. The summed E-state index contributed by atoms with van der Waals surface area (Å²) in [6.07, 6.45) is -3.29. The third-order valence-corrected chi connectivity index (χ3v) is 4.27. The van der Waals surface area contributed by atoms with Gasteiger partial charge in [0, 0.05) is 55.7 Å². The molecule has 0 bridgehead atoms. The molecule has 0 radical (unpaired) electrons. The number of carbonyl (C=O) groups is 1. The highest BCUT2D eigenvalue weighted by atomic mass is 19.4. The van der Waals surface area contributed by atoms with E-state index in [0.29, 0.717) is 23.5 Å². The monoisotopic (exact) mass is 454 g/mol. The van der Waals surface area contributed by atoms with Gasteiger partial charge in [0.2, 0.25) is 0 Å². The summed E-state index contributed by atoms with van der Waals surface area (Å²) in [6.45, 7) is 4.02. The van der Waals surface area contributed by atoms with Crippen molar-refractivity contribution in [3.8, 4) is 0 Å². The number of rotatable bonds is 7. The number of amides is 1. The van der Waals surface area contributed by atoms with Crippen molar-refractivity contribution < 1.29 is 27.8 Å². The van der Waals surface area contributed by atoms with Crippen LogP contribution in [0, 0.1) is 5.41 Å². The number of nitrogens with one attached hydrogen (secondary N) is 1. The first-order valence-electron chi connectivity index (χ1n) is 9.67. The zero-order valence-corrected chi connectivity index (χ0v) is 18.5. The van der Waals surface area contributed by atoms with Crippen LogP contribution in [0.2, 0.25) is 0 Å². The normalized spacial score (nSPS) is 12.1. The van der Waals surface area contributed by atoms with E-state index in [-0.39, 0.29) is 30.1 Å². The van der Waals surface area contributed by atoms with E-state index in [1.165, 1.54) is 19.2 Å². The Morgan fingerprint density at radius 2 is 1.88 bits per heavy atom. The molecule has 0 saturated heterocycles. The molecule has 0 aliphatic heterocycles. The van der Waals surface area contributed by atoms with Gasteiger partial charge in [0.05, 0.1) is 6.61 Å². The number of ether oxygens (including phenoxy) is 1. The maximum Gasteiger partial charge on any atom is 0.433 e. The molecular formula is C22H29F3N4O3. The average Bonchev–Trinajstić information content (AvgIpc) is 2.74. The van der Waals surface area contributed by atoms with Crippen LogP contribution in [0.1, 0.15) is 30.7 Å². The van der Waals surface area contributed by atoms with Crippen molar-refractivity contribution in [3.05, 3.63) is 59.4 Å². The highest BCUT2D eigenvalue weighted by molar-refractivity contribution is 6.46. The molecule has 7 nitrogen and oxygen atoms in total. The van der Waals surface area contributed by atoms with Crippen LogP contribution in [0.15, 0.2) is 47.6 Å². The van der Waals surface area contributed by atoms with Crippen LogP contribution in [0.25, 0.3) is 0 Å². The molecule has 1 aromatic carbocycles. The summed E-state index contributed by atoms with van der Waals surface area (Å²) < 4.78 is 41.4. The Hall–Kier alpha value is -2.98. The molecule has 0 aliphatic rings. The summed E-state index contributed by atoms with van der Waals surface area (Å²) in [5.74, 6) is -0.290. The van der Waals surface area contributed by atoms with Crippen molar-refractivity contribution in [1.82, 2.24) is 10.3 Å². The first-order valence-corrected chi connectivity index (χ1v) is 9.67. The molecule has 2 aromatic rings. The topological polar surface area (TPSA) is 110 Å². The third kappa shape index (κ3) is 8.27. The molecule has 176 valence electrons. The Morgan fingerprint density at radius 1 is 1.22 bits per heavy atom. The number of hydrogen-bond donors (Lipinski definition) is 3. The minimum Gasteiger partial charge on any atom is -0.398 e. The molecule has 1 amide bonds. The highest BCUT2D eigenvalue weighted by Crippen LogP contribution is 2.30. The summed E-state index contributed by atoms with van der Waals surface area (Å²) >= 11 is 0. The largest absolute Gasteiger partial charge is 0.433 e. The second-order valence-corrected chi connectivity index (χ2v) is 7.61. The molecule has 32 heavy (non-hydrogen) atoms. The van der Waals surface area contributed by atoms with Crippen LogP contribution in [0.5, 0.6) is 0 Å². The van der Waals surface area contributed by atoms with Gasteiger partial charge in [-0.3, -0.25) is 14.8 Å². The van der Waals surface area contributed by atoms with E-state index in [1.807, 2.05) is 19.9 Å². The Bertz CT molecular complexity index is 915. The van der Waals surface area contributed by atoms with Gasteiger partial charge in [-0.1, -0.05) is 38.1 Å². The molecule has 0 aliphatic carbocycles. The highest BCUT2D eigenvalue weighted by Gasteiger charge is 2.34. The number of aliphatic imine (C=N–C) groups is 1. The zero-order chi connectivity index (χ0) is 24.4. The van der Waals surface area contributed by atoms with E-state index in [4.69, 9.17) is 10.8 Å². The molecule has 1 aromatic heterocycles. The van der Waals surface area contributed by atoms with Gasteiger partial charge >= 0.3 is 6.18 Å². The minimum absolute atomic E-state index is 0.000638. The lowest BCUT2D eigenvalue weighted by Crippen LogP contribution is -2.40. The van der Waals surface area contributed by atoms with Crippen LogP contribution in [0.4, 0.5) is 18.9 Å². The number of aromatic nitrogens is 1. The molecule has 0 unspecified atom stereocenters. The van der Waals surface area contributed by atoms with Crippen molar-refractivity contribution >= 4 is 17.3 Å². The smallest absolute Gasteiger partial charge is 0.398 e. The van der Waals surface area contributed by atoms with Gasteiger partial charge in [0.15, 0.2) is 0 Å². The first kappa shape index (κ1) is 27.1. The fourth-order valence-corrected chi connectivity index (χ4v) is 2.48. The number of para-hydroxylation sites is 1. The quantitative estimate of drug-likeness (QED) is 0.440. The molecule has 0 saturated carbocycles. The lowest BCUT2D eigenvalue weighted by atomic mass is 9.95. The maximum atomic E-state index is 12.3. The molecule has 0 spiro atoms. The van der Waals surface area contributed by atoms with E-state index in [9.17, 15) is 18.0 Å². The lowest BCUT2D eigenvalue weighted by molar-refractivity contribution is -0.142. The molecule has 0 fully saturated rings. The Balaban J connectivity index is 0.000000343. The van der Waals surface area contributed by atoms with Crippen LogP contribution in [0.3, 0.4) is 0 Å². The second-order valence-electron chi connectivity index (χ2n) is 7.61. The number of pyridine rings is 1. The Morgan fingerprint density at radius 3 is 2.41 bits per heavy atom. The zero-order valence-electron chi connectivity index (χ0n) is 18.5. The van der Waals surface area contributed by atoms with Crippen LogP contribution >= 0.6 is 0 Å². The van der Waals surface area contributed by atoms with E-state index < -0.39 is 11.9 Å². The molecular weight excluding hydrogens is 425 g/mol. The summed E-state index contributed by atoms with van der Waals surface area (Å²) in [7, 11) is 2.89. The second kappa shape index (κ2) is 12.2. The number of halogens is 3. The van der Waals surface area contributed by atoms with Gasteiger partial charge < -0.3 is 20.9 Å². The minimum atomic E-state index is -4.41. The van der Waals surface area contributed by atoms with Gasteiger partial charge in [-0.25, -0.2) is 0 Å². The van der Waals surface area contributed by atoms with Crippen molar-refractivity contribution in [3.63, 3.8) is 0 Å². The number of anilines is 1. The summed E-state index contributed by atoms with van der Waals surface area (Å²) in [5.41, 5.74) is 6.08. The SMILES string of the molecule is CN=C(C(=O)NCC(C)(C)CO)c1ccccc1N.COCc1cccnc1C(F)(F)F. The summed E-state index contributed by atoms with van der Waals surface area (Å²) in [5, 5.41) is 11.9. The van der Waals surface area contributed by atoms with Gasteiger partial charge in [-0.05, 0) is 12.1 Å². The van der Waals surface area contributed by atoms with Gasteiger partial charge in [0.25, 0.3) is 5.91 Å². The van der Waals surface area contributed by atoms with Gasteiger partial charge in [-0.2, -0.15) is 13.2 Å². The lowest BCUT2D eigenvalue weighted by Gasteiger charge is -2.22. The van der Waals surface area contributed by atoms with Crippen molar-refractivity contribution in [2.75, 3.05) is 33.0 Å². The summed E-state index contributed by atoms with van der Waals surface area (Å²) in [6, 6.07) is 9.89. The number of nitrogens with zero attached hydrogens (tertiary/aromatic N) is 2. The predicted molar refractivity (Wildman–Crippen MR) is 117 cm³/mol. The number of aliphatic hydroxyl groups excluding tert-OH is 1. The van der Waals surface area contributed by atoms with Crippen LogP contribution < -0.4 is 11.1 Å². The number of aliphatic hydroxyl groups is 1. The van der Waals surface area contributed by atoms with Crippen LogP contribution in [-0.4, -0.2) is 49.0 Å². The van der Waals surface area contributed by atoms with E-state index in [1.54, 1.807) is 25.2 Å². The number of methoxy groups -OCH3 is 1. The number of nitrogens with two attached hydrogens (primary N) is 1. The fraction of sp³-hybridized carbons (Fsp3) is 0.409. The molecule has 10 heteroatoms. The number of hydrogen-bond acceptors (Lipinski definition) is 6. The first-order chi connectivity index (χ1) is 15.0. The molecule has 0 atom stereocenters. The van der Waals surface area contributed by atoms with E-state index in [0.717, 1.165) is 6.20 Å². The van der Waals surface area contributed by atoms with Crippen molar-refractivity contribution in [2.45, 2.75) is 26.6 Å². The summed E-state index contributed by atoms with van der Waals surface area (Å²) in [4.78, 5) is 19.4. The third-order valence-electron chi connectivity index (χ3n) is 4.27. The predicted octanol–water partition coefficient (Wildman–Crippen LogP) is 3.07. The maximum absolute atomic E-state index is 12.3. The van der Waals surface area contributed by atoms with E-state index in [2.05, 4.69) is 20.0 Å². The number of alkyl halides is 3. The number of benzene rings is 1. The van der Waals surface area contributed by atoms with Crippen molar-refractivity contribution in [2.24, 2.45) is 10.4 Å². The number of carbonyl (C=O) groups excluding carboxylic acids is 1. The standard InChI is InChI=1S/C14H21N3O2.C8H8F3NO/c1-14(2,9-18)8-17-13(19)12(16-3)10-6-4-5-7-11(10)15;1-13-5-6-3-2-4-12-7(6)8(9,10)11/h4-7,18H,8-9,15H2,1-3H3,(H,17,19);2-4H,5H2,1H3. The fourth-order valence-electron chi connectivity index (χ4n) is 2.48. The number of nitrogen functional groups attached to an aromatic ring is 1. The average molecular weight is 454 g/mol. The van der Waals surface area contributed by atoms with Crippen LogP contribution in [-0.2, 0) is 22.3 Å². The van der Waals surface area contributed by atoms with Crippen molar-refractivity contribution in [1.29, 1.82) is 0 Å². The Labute approximate surface area is 185 Å².